The third kappa shape index (κ3) is 8.76. The van der Waals surface area contributed by atoms with Gasteiger partial charge in [0.1, 0.15) is 0 Å². The Morgan fingerprint density at radius 3 is 1.27 bits per heavy atom. The number of benzene rings is 2. The molecule has 0 unspecified atom stereocenters. The number of aliphatic imine (C=N–C) groups is 2. The number of rotatable bonds is 12. The minimum atomic E-state index is 0. The molecule has 1 aromatic heterocycles. The number of aryl methyl sites for hydroxylation is 4. The fraction of sp³-hybridized carbons (Fsp3) is 0.424. The van der Waals surface area contributed by atoms with Crippen LogP contribution in [-0.2, 0) is 17.1 Å². The minimum absolute atomic E-state index is 0. The summed E-state index contributed by atoms with van der Waals surface area (Å²) in [5.41, 5.74) is 11.0. The van der Waals surface area contributed by atoms with Crippen molar-refractivity contribution < 1.29 is 17.1 Å². The van der Waals surface area contributed by atoms with Gasteiger partial charge in [-0.15, -0.1) is 0 Å². The smallest absolute Gasteiger partial charge is 0.0852 e. The zero-order valence-corrected chi connectivity index (χ0v) is 24.7. The van der Waals surface area contributed by atoms with Gasteiger partial charge in [0.15, 0.2) is 0 Å². The van der Waals surface area contributed by atoms with Crippen molar-refractivity contribution in [3.63, 3.8) is 0 Å². The van der Waals surface area contributed by atoms with Crippen molar-refractivity contribution in [1.82, 2.24) is 4.98 Å². The van der Waals surface area contributed by atoms with E-state index in [4.69, 9.17) is 15.0 Å². The van der Waals surface area contributed by atoms with Crippen molar-refractivity contribution in [3.8, 4) is 0 Å². The third-order valence-electron chi connectivity index (χ3n) is 6.75. The van der Waals surface area contributed by atoms with Crippen LogP contribution in [0.2, 0.25) is 0 Å². The van der Waals surface area contributed by atoms with Gasteiger partial charge in [-0.05, 0) is 87.8 Å². The van der Waals surface area contributed by atoms with Crippen molar-refractivity contribution in [2.75, 3.05) is 0 Å². The Hall–Kier alpha value is -2.55. The summed E-state index contributed by atoms with van der Waals surface area (Å²) in [4.78, 5) is 15.6. The third-order valence-corrected chi connectivity index (χ3v) is 6.75. The topological polar surface area (TPSA) is 37.6 Å². The van der Waals surface area contributed by atoms with E-state index in [1.165, 1.54) is 47.9 Å². The molecule has 0 spiro atoms. The van der Waals surface area contributed by atoms with Crippen LogP contribution in [0.1, 0.15) is 98.9 Å². The molecule has 0 amide bonds. The number of aromatic nitrogens is 1. The summed E-state index contributed by atoms with van der Waals surface area (Å²) in [6.45, 7) is 13.1. The summed E-state index contributed by atoms with van der Waals surface area (Å²) in [5, 5.41) is 0. The van der Waals surface area contributed by atoms with Crippen molar-refractivity contribution >= 4 is 22.8 Å². The molecular formula is C33H43FeN3. The van der Waals surface area contributed by atoms with E-state index in [9.17, 15) is 0 Å². The van der Waals surface area contributed by atoms with Crippen molar-refractivity contribution in [2.45, 2.75) is 92.9 Å². The Labute approximate surface area is 235 Å². The molecule has 0 aliphatic rings. The molecule has 0 aliphatic heterocycles. The van der Waals surface area contributed by atoms with Gasteiger partial charge in [0.05, 0.1) is 34.2 Å². The van der Waals surface area contributed by atoms with Crippen LogP contribution >= 0.6 is 0 Å². The Balaban J connectivity index is 0.00000481. The SMILES string of the molecule is CCCCCC(=Nc1c(C)cccc1C)c1cccc(C(CCCCC)=Nc2c(C)cccc2C)n1.[Fe]. The van der Waals surface area contributed by atoms with Crippen LogP contribution in [0.25, 0.3) is 0 Å². The van der Waals surface area contributed by atoms with E-state index in [0.717, 1.165) is 59.9 Å². The molecule has 0 saturated heterocycles. The van der Waals surface area contributed by atoms with Gasteiger partial charge in [0.2, 0.25) is 0 Å². The second kappa shape index (κ2) is 15.6. The minimum Gasteiger partial charge on any atom is -0.251 e. The van der Waals surface area contributed by atoms with Gasteiger partial charge in [0, 0.05) is 17.1 Å². The first kappa shape index (κ1) is 30.7. The number of unbranched alkanes of at least 4 members (excludes halogenated alkanes) is 4. The molecule has 3 aromatic rings. The van der Waals surface area contributed by atoms with E-state index >= 15 is 0 Å². The predicted octanol–water partition coefficient (Wildman–Crippen LogP) is 9.71. The molecule has 0 N–H and O–H groups in total. The van der Waals surface area contributed by atoms with Gasteiger partial charge >= 0.3 is 0 Å². The maximum Gasteiger partial charge on any atom is 0.0852 e. The molecule has 0 radical (unpaired) electrons. The van der Waals surface area contributed by atoms with Crippen LogP contribution in [0.4, 0.5) is 11.4 Å². The largest absolute Gasteiger partial charge is 0.251 e. The average Bonchev–Trinajstić information content (AvgIpc) is 2.86. The summed E-state index contributed by atoms with van der Waals surface area (Å²) in [6, 6.07) is 19.1. The molecule has 0 saturated carbocycles. The maximum atomic E-state index is 5.20. The standard InChI is InChI=1S/C33H43N3.Fe/c1-7-9-11-20-30(35-32-24(3)16-13-17-25(32)4)28-22-15-23-29(34-28)31(21-12-10-8-2)36-33-26(5)18-14-19-27(33)6;/h13-19,22-23H,7-12,20-21H2,1-6H3;. The van der Waals surface area contributed by atoms with Gasteiger partial charge in [-0.1, -0.05) is 82.0 Å². The summed E-state index contributed by atoms with van der Waals surface area (Å²) in [5.74, 6) is 0. The number of hydrogen-bond donors (Lipinski definition) is 0. The van der Waals surface area contributed by atoms with Gasteiger partial charge in [-0.25, -0.2) is 4.98 Å². The van der Waals surface area contributed by atoms with Crippen molar-refractivity contribution in [2.24, 2.45) is 9.98 Å². The Morgan fingerprint density at radius 2 is 0.919 bits per heavy atom. The number of hydrogen-bond acceptors (Lipinski definition) is 3. The summed E-state index contributed by atoms with van der Waals surface area (Å²) in [7, 11) is 0. The molecule has 37 heavy (non-hydrogen) atoms. The van der Waals surface area contributed by atoms with E-state index in [2.05, 4.69) is 96.1 Å². The molecule has 0 aliphatic carbocycles. The van der Waals surface area contributed by atoms with Crippen molar-refractivity contribution in [1.29, 1.82) is 0 Å². The molecule has 4 heteroatoms. The van der Waals surface area contributed by atoms with Gasteiger partial charge in [0.25, 0.3) is 0 Å². The monoisotopic (exact) mass is 537 g/mol. The van der Waals surface area contributed by atoms with Gasteiger partial charge in [-0.2, -0.15) is 0 Å². The fourth-order valence-corrected chi connectivity index (χ4v) is 4.56. The summed E-state index contributed by atoms with van der Waals surface area (Å²) in [6.07, 6.45) is 8.86. The Kier molecular flexibility index (Phi) is 13.0. The molecule has 0 fully saturated rings. The van der Waals surface area contributed by atoms with Crippen molar-refractivity contribution in [3.05, 3.63) is 88.2 Å². The van der Waals surface area contributed by atoms with Crippen LogP contribution in [0.5, 0.6) is 0 Å². The van der Waals surface area contributed by atoms with E-state index < -0.39 is 0 Å². The molecule has 2 aromatic carbocycles. The number of nitrogens with zero attached hydrogens (tertiary/aromatic N) is 3. The van der Waals surface area contributed by atoms with Crippen LogP contribution in [-0.4, -0.2) is 16.4 Å². The van der Waals surface area contributed by atoms with Crippen LogP contribution in [0.3, 0.4) is 0 Å². The van der Waals surface area contributed by atoms with E-state index in [-0.39, 0.29) is 17.1 Å². The van der Waals surface area contributed by atoms with E-state index in [1.54, 1.807) is 0 Å². The Morgan fingerprint density at radius 1 is 0.568 bits per heavy atom. The molecule has 198 valence electrons. The number of pyridine rings is 1. The average molecular weight is 538 g/mol. The zero-order valence-electron chi connectivity index (χ0n) is 23.5. The van der Waals surface area contributed by atoms with Gasteiger partial charge in [-0.3, -0.25) is 9.98 Å². The predicted molar refractivity (Wildman–Crippen MR) is 157 cm³/mol. The molecule has 0 bridgehead atoms. The van der Waals surface area contributed by atoms with Gasteiger partial charge < -0.3 is 0 Å². The molecule has 3 rings (SSSR count). The van der Waals surface area contributed by atoms with E-state index in [1.807, 2.05) is 0 Å². The first-order valence-corrected chi connectivity index (χ1v) is 13.7. The number of para-hydroxylation sites is 2. The molecule has 3 nitrogen and oxygen atoms in total. The summed E-state index contributed by atoms with van der Waals surface area (Å²) >= 11 is 0. The first-order valence-electron chi connectivity index (χ1n) is 13.7. The molecule has 1 heterocycles. The molecule has 0 atom stereocenters. The maximum absolute atomic E-state index is 5.20. The normalized spacial score (nSPS) is 11.9. The molecular weight excluding hydrogens is 494 g/mol. The van der Waals surface area contributed by atoms with Crippen LogP contribution in [0.15, 0.2) is 64.6 Å². The Bertz CT molecular complexity index is 1080. The van der Waals surface area contributed by atoms with E-state index in [0.29, 0.717) is 0 Å². The summed E-state index contributed by atoms with van der Waals surface area (Å²) < 4.78 is 0. The van der Waals surface area contributed by atoms with Crippen LogP contribution in [0, 0.1) is 27.7 Å². The second-order valence-electron chi connectivity index (χ2n) is 9.92. The fourth-order valence-electron chi connectivity index (χ4n) is 4.56. The zero-order chi connectivity index (χ0) is 25.9. The second-order valence-corrected chi connectivity index (χ2v) is 9.92. The quantitative estimate of drug-likeness (QED) is 0.129. The van der Waals surface area contributed by atoms with Crippen LogP contribution < -0.4 is 0 Å². The first-order chi connectivity index (χ1) is 17.4.